The maximum Gasteiger partial charge on any atom is 0.137 e. The van der Waals surface area contributed by atoms with Gasteiger partial charge in [-0.15, -0.1) is 0 Å². The summed E-state index contributed by atoms with van der Waals surface area (Å²) >= 11 is 3.37. The van der Waals surface area contributed by atoms with Crippen LogP contribution >= 0.6 is 15.9 Å². The molecule has 0 aliphatic rings. The van der Waals surface area contributed by atoms with Crippen molar-refractivity contribution in [1.29, 1.82) is 0 Å². The molecule has 3 nitrogen and oxygen atoms in total. The third-order valence-corrected chi connectivity index (χ3v) is 2.23. The number of fused-ring (bicyclic) bond motifs is 1. The summed E-state index contributed by atoms with van der Waals surface area (Å²) in [5.74, 6) is 0. The largest absolute Gasteiger partial charge is 0.378 e. The monoisotopic (exact) mass is 240 g/mol. The second-order valence-electron chi connectivity index (χ2n) is 2.82. The number of nitrogens with one attached hydrogen (secondary N) is 1. The molecule has 4 heteroatoms. The summed E-state index contributed by atoms with van der Waals surface area (Å²) in [6.07, 6.45) is 1.77. The van der Waals surface area contributed by atoms with Crippen molar-refractivity contribution >= 4 is 27.0 Å². The Bertz CT molecular complexity index is 424. The lowest BCUT2D eigenvalue weighted by Gasteiger charge is -1.91. The van der Waals surface area contributed by atoms with Gasteiger partial charge in [0.2, 0.25) is 0 Å². The highest BCUT2D eigenvalue weighted by Crippen LogP contribution is 2.18. The van der Waals surface area contributed by atoms with Gasteiger partial charge < -0.3 is 9.72 Å². The molecule has 68 valence electrons. The predicted molar refractivity (Wildman–Crippen MR) is 54.5 cm³/mol. The molecule has 0 atom stereocenters. The molecule has 0 unspecified atom stereocenters. The van der Waals surface area contributed by atoms with Gasteiger partial charge in [-0.2, -0.15) is 0 Å². The minimum atomic E-state index is 0.591. The van der Waals surface area contributed by atoms with Crippen LogP contribution in [0.3, 0.4) is 0 Å². The molecule has 1 N–H and O–H groups in total. The Hall–Kier alpha value is -0.870. The molecule has 2 rings (SSSR count). The smallest absolute Gasteiger partial charge is 0.137 e. The first-order valence-electron chi connectivity index (χ1n) is 3.91. The number of nitrogens with zero attached hydrogens (tertiary/aromatic N) is 1. The summed E-state index contributed by atoms with van der Waals surface area (Å²) in [4.78, 5) is 7.39. The van der Waals surface area contributed by atoms with Gasteiger partial charge in [0.05, 0.1) is 6.61 Å². The Morgan fingerprint density at radius 1 is 1.54 bits per heavy atom. The lowest BCUT2D eigenvalue weighted by Crippen LogP contribution is -1.85. The van der Waals surface area contributed by atoms with E-state index in [2.05, 4.69) is 25.9 Å². The number of halogens is 1. The van der Waals surface area contributed by atoms with Crippen molar-refractivity contribution in [2.75, 3.05) is 7.11 Å². The maximum absolute atomic E-state index is 5.02. The standard InChI is InChI=1S/C9H9BrN2O/c1-13-5-8-3-6-2-7(10)4-11-9(6)12-8/h2-4H,5H2,1H3,(H,11,12). The van der Waals surface area contributed by atoms with Gasteiger partial charge in [0.25, 0.3) is 0 Å². The van der Waals surface area contributed by atoms with Crippen LogP contribution in [0.15, 0.2) is 22.8 Å². The molecule has 0 aliphatic heterocycles. The summed E-state index contributed by atoms with van der Waals surface area (Å²) in [7, 11) is 1.68. The molecule has 0 saturated carbocycles. The van der Waals surface area contributed by atoms with E-state index in [-0.39, 0.29) is 0 Å². The number of methoxy groups -OCH3 is 1. The molecule has 0 bridgehead atoms. The summed E-state index contributed by atoms with van der Waals surface area (Å²) in [5, 5.41) is 1.10. The van der Waals surface area contributed by atoms with Gasteiger partial charge in [0.1, 0.15) is 5.65 Å². The number of hydrogen-bond acceptors (Lipinski definition) is 2. The molecule has 0 spiro atoms. The highest BCUT2D eigenvalue weighted by molar-refractivity contribution is 9.10. The number of ether oxygens (including phenoxy) is 1. The van der Waals surface area contributed by atoms with E-state index in [9.17, 15) is 0 Å². The average molecular weight is 241 g/mol. The van der Waals surface area contributed by atoms with Crippen molar-refractivity contribution in [3.63, 3.8) is 0 Å². The van der Waals surface area contributed by atoms with Crippen LogP contribution < -0.4 is 0 Å². The Labute approximate surface area is 84.3 Å². The lowest BCUT2D eigenvalue weighted by atomic mass is 10.3. The van der Waals surface area contributed by atoms with Crippen LogP contribution in [0.1, 0.15) is 5.69 Å². The number of aromatic nitrogens is 2. The quantitative estimate of drug-likeness (QED) is 0.876. The molecule has 2 aromatic rings. The second kappa shape index (κ2) is 3.47. The number of hydrogen-bond donors (Lipinski definition) is 1. The Morgan fingerprint density at radius 3 is 3.15 bits per heavy atom. The van der Waals surface area contributed by atoms with Crippen LogP contribution in [-0.2, 0) is 11.3 Å². The fourth-order valence-corrected chi connectivity index (χ4v) is 1.63. The van der Waals surface area contributed by atoms with Crippen LogP contribution in [-0.4, -0.2) is 17.1 Å². The first-order valence-corrected chi connectivity index (χ1v) is 4.71. The van der Waals surface area contributed by atoms with Crippen LogP contribution in [0.4, 0.5) is 0 Å². The van der Waals surface area contributed by atoms with Crippen molar-refractivity contribution in [2.45, 2.75) is 6.61 Å². The second-order valence-corrected chi connectivity index (χ2v) is 3.73. The molecule has 0 aromatic carbocycles. The third kappa shape index (κ3) is 1.73. The Balaban J connectivity index is 2.49. The van der Waals surface area contributed by atoms with Crippen molar-refractivity contribution in [2.24, 2.45) is 0 Å². The number of aromatic amines is 1. The molecule has 2 heterocycles. The third-order valence-electron chi connectivity index (χ3n) is 1.79. The summed E-state index contributed by atoms with van der Waals surface area (Å²) in [6.45, 7) is 0.591. The Kier molecular flexibility index (Phi) is 2.33. The zero-order valence-corrected chi connectivity index (χ0v) is 8.76. The van der Waals surface area contributed by atoms with E-state index in [1.807, 2.05) is 12.1 Å². The molecule has 0 saturated heterocycles. The van der Waals surface area contributed by atoms with E-state index in [0.717, 1.165) is 21.2 Å². The molecular formula is C9H9BrN2O. The fraction of sp³-hybridized carbons (Fsp3) is 0.222. The molecule has 2 aromatic heterocycles. The average Bonchev–Trinajstić information content (AvgIpc) is 2.46. The first kappa shape index (κ1) is 8.72. The maximum atomic E-state index is 5.02. The van der Waals surface area contributed by atoms with Crippen molar-refractivity contribution < 1.29 is 4.74 Å². The van der Waals surface area contributed by atoms with Gasteiger partial charge in [-0.1, -0.05) is 0 Å². The molecule has 0 amide bonds. The van der Waals surface area contributed by atoms with Gasteiger partial charge in [-0.3, -0.25) is 0 Å². The van der Waals surface area contributed by atoms with Gasteiger partial charge in [-0.05, 0) is 28.1 Å². The molecule has 0 aliphatic carbocycles. The van der Waals surface area contributed by atoms with Crippen LogP contribution in [0.5, 0.6) is 0 Å². The van der Waals surface area contributed by atoms with Crippen LogP contribution in [0.2, 0.25) is 0 Å². The van der Waals surface area contributed by atoms with E-state index in [4.69, 9.17) is 4.74 Å². The number of H-pyrrole nitrogens is 1. The zero-order valence-electron chi connectivity index (χ0n) is 7.17. The van der Waals surface area contributed by atoms with Crippen molar-refractivity contribution in [3.8, 4) is 0 Å². The van der Waals surface area contributed by atoms with Crippen LogP contribution in [0.25, 0.3) is 11.0 Å². The summed E-state index contributed by atoms with van der Waals surface area (Å²) < 4.78 is 6.01. The Morgan fingerprint density at radius 2 is 2.38 bits per heavy atom. The topological polar surface area (TPSA) is 37.9 Å². The van der Waals surface area contributed by atoms with Gasteiger partial charge in [0.15, 0.2) is 0 Å². The molecule has 13 heavy (non-hydrogen) atoms. The predicted octanol–water partition coefficient (Wildman–Crippen LogP) is 2.47. The van der Waals surface area contributed by atoms with Crippen molar-refractivity contribution in [3.05, 3.63) is 28.5 Å². The summed E-state index contributed by atoms with van der Waals surface area (Å²) in [5.41, 5.74) is 1.94. The molecular weight excluding hydrogens is 232 g/mol. The van der Waals surface area contributed by atoms with E-state index in [0.29, 0.717) is 6.61 Å². The normalized spacial score (nSPS) is 10.9. The number of rotatable bonds is 2. The highest BCUT2D eigenvalue weighted by Gasteiger charge is 2.01. The molecule has 0 fully saturated rings. The SMILES string of the molecule is COCc1cc2cc(Br)cnc2[nH]1. The van der Waals surface area contributed by atoms with Gasteiger partial charge in [0, 0.05) is 28.9 Å². The minimum absolute atomic E-state index is 0.591. The van der Waals surface area contributed by atoms with Crippen molar-refractivity contribution in [1.82, 2.24) is 9.97 Å². The molecule has 0 radical (unpaired) electrons. The lowest BCUT2D eigenvalue weighted by molar-refractivity contribution is 0.182. The van der Waals surface area contributed by atoms with E-state index >= 15 is 0 Å². The van der Waals surface area contributed by atoms with Gasteiger partial charge in [-0.25, -0.2) is 4.98 Å². The fourth-order valence-electron chi connectivity index (χ4n) is 1.28. The zero-order chi connectivity index (χ0) is 9.26. The van der Waals surface area contributed by atoms with Gasteiger partial charge >= 0.3 is 0 Å². The highest BCUT2D eigenvalue weighted by atomic mass is 79.9. The van der Waals surface area contributed by atoms with Crippen LogP contribution in [0, 0.1) is 0 Å². The van der Waals surface area contributed by atoms with E-state index in [1.54, 1.807) is 13.3 Å². The van der Waals surface area contributed by atoms with E-state index < -0.39 is 0 Å². The minimum Gasteiger partial charge on any atom is -0.378 e. The number of pyridine rings is 1. The van der Waals surface area contributed by atoms with E-state index in [1.165, 1.54) is 0 Å². The first-order chi connectivity index (χ1) is 6.29. The summed E-state index contributed by atoms with van der Waals surface area (Å²) in [6, 6.07) is 4.06.